The number of nitrogens with zero attached hydrogens (tertiary/aromatic N) is 2. The Bertz CT molecular complexity index is 639. The summed E-state index contributed by atoms with van der Waals surface area (Å²) in [4.78, 5) is 18.5. The Morgan fingerprint density at radius 2 is 2.00 bits per heavy atom. The van der Waals surface area contributed by atoms with Crippen LogP contribution in [0.3, 0.4) is 0 Å². The number of rotatable bonds is 2. The highest BCUT2D eigenvalue weighted by molar-refractivity contribution is 5.98. The molecule has 3 rings (SSSR count). The minimum atomic E-state index is -0.0908. The highest BCUT2D eigenvalue weighted by Gasteiger charge is 2.21. The third-order valence-corrected chi connectivity index (χ3v) is 3.69. The number of anilines is 1. The van der Waals surface area contributed by atoms with E-state index in [1.807, 2.05) is 6.07 Å². The molecule has 0 saturated heterocycles. The molecule has 1 aliphatic rings. The molecule has 0 aliphatic carbocycles. The van der Waals surface area contributed by atoms with Gasteiger partial charge in [-0.15, -0.1) is 0 Å². The molecule has 102 valence electrons. The average Bonchev–Trinajstić information content (AvgIpc) is 2.53. The van der Waals surface area contributed by atoms with Crippen LogP contribution in [0.25, 0.3) is 0 Å². The number of carbonyl (C=O) groups is 1. The van der Waals surface area contributed by atoms with Gasteiger partial charge >= 0.3 is 0 Å². The lowest BCUT2D eigenvalue weighted by atomic mass is 9.99. The van der Waals surface area contributed by atoms with E-state index in [-0.39, 0.29) is 5.91 Å². The zero-order valence-corrected chi connectivity index (χ0v) is 11.5. The van der Waals surface area contributed by atoms with Crippen molar-refractivity contribution >= 4 is 11.7 Å². The van der Waals surface area contributed by atoms with Crippen LogP contribution in [0.15, 0.2) is 42.6 Å². The standard InChI is InChI=1S/C16H17N3O/c1-17-16(20)14-7-4-9-18-15(14)19-10-8-12-5-2-3-6-13(12)11-19/h2-7,9H,8,10-11H2,1H3,(H,17,20). The average molecular weight is 267 g/mol. The molecule has 4 nitrogen and oxygen atoms in total. The molecule has 1 amide bonds. The molecule has 20 heavy (non-hydrogen) atoms. The van der Waals surface area contributed by atoms with Crippen molar-refractivity contribution in [3.8, 4) is 0 Å². The first-order chi connectivity index (χ1) is 9.79. The van der Waals surface area contributed by atoms with Crippen molar-refractivity contribution in [3.63, 3.8) is 0 Å². The van der Waals surface area contributed by atoms with Crippen LogP contribution in [0.4, 0.5) is 5.82 Å². The molecule has 1 aromatic heterocycles. The molecular formula is C16H17N3O. The largest absolute Gasteiger partial charge is 0.355 e. The quantitative estimate of drug-likeness (QED) is 0.905. The molecule has 1 N–H and O–H groups in total. The molecule has 2 heterocycles. The number of hydrogen-bond acceptors (Lipinski definition) is 3. The third kappa shape index (κ3) is 2.25. The Balaban J connectivity index is 1.94. The molecule has 0 unspecified atom stereocenters. The molecule has 0 atom stereocenters. The lowest BCUT2D eigenvalue weighted by Crippen LogP contribution is -2.33. The molecule has 0 spiro atoms. The van der Waals surface area contributed by atoms with Gasteiger partial charge in [-0.2, -0.15) is 0 Å². The van der Waals surface area contributed by atoms with E-state index in [1.54, 1.807) is 19.3 Å². The van der Waals surface area contributed by atoms with E-state index in [9.17, 15) is 4.79 Å². The maximum Gasteiger partial charge on any atom is 0.254 e. The lowest BCUT2D eigenvalue weighted by Gasteiger charge is -2.30. The van der Waals surface area contributed by atoms with Gasteiger partial charge in [0.05, 0.1) is 5.56 Å². The summed E-state index contributed by atoms with van der Waals surface area (Å²) in [6.45, 7) is 1.69. The summed E-state index contributed by atoms with van der Waals surface area (Å²) < 4.78 is 0. The van der Waals surface area contributed by atoms with Gasteiger partial charge in [-0.3, -0.25) is 4.79 Å². The van der Waals surface area contributed by atoms with Crippen LogP contribution >= 0.6 is 0 Å². The maximum atomic E-state index is 11.9. The minimum absolute atomic E-state index is 0.0908. The SMILES string of the molecule is CNC(=O)c1cccnc1N1CCc2ccccc2C1. The molecule has 0 saturated carbocycles. The van der Waals surface area contributed by atoms with Crippen LogP contribution in [-0.4, -0.2) is 24.5 Å². The van der Waals surface area contributed by atoms with Crippen molar-refractivity contribution in [2.45, 2.75) is 13.0 Å². The van der Waals surface area contributed by atoms with Crippen molar-refractivity contribution in [1.29, 1.82) is 0 Å². The van der Waals surface area contributed by atoms with Crippen LogP contribution < -0.4 is 10.2 Å². The molecule has 1 aliphatic heterocycles. The Hall–Kier alpha value is -2.36. The first-order valence-corrected chi connectivity index (χ1v) is 6.78. The van der Waals surface area contributed by atoms with Crippen LogP contribution in [0.1, 0.15) is 21.5 Å². The Labute approximate surface area is 118 Å². The molecule has 4 heteroatoms. The Kier molecular flexibility index (Phi) is 3.37. The van der Waals surface area contributed by atoms with Crippen LogP contribution in [-0.2, 0) is 13.0 Å². The maximum absolute atomic E-state index is 11.9. The number of pyridine rings is 1. The summed E-state index contributed by atoms with van der Waals surface area (Å²) in [6.07, 6.45) is 2.72. The van der Waals surface area contributed by atoms with Crippen molar-refractivity contribution in [2.75, 3.05) is 18.5 Å². The van der Waals surface area contributed by atoms with E-state index in [0.717, 1.165) is 25.3 Å². The minimum Gasteiger partial charge on any atom is -0.355 e. The topological polar surface area (TPSA) is 45.2 Å². The molecule has 0 bridgehead atoms. The van der Waals surface area contributed by atoms with Gasteiger partial charge in [0.25, 0.3) is 5.91 Å². The van der Waals surface area contributed by atoms with Gasteiger partial charge in [-0.1, -0.05) is 24.3 Å². The van der Waals surface area contributed by atoms with Gasteiger partial charge in [0.2, 0.25) is 0 Å². The predicted octanol–water partition coefficient (Wildman–Crippen LogP) is 2.00. The summed E-state index contributed by atoms with van der Waals surface area (Å²) in [6, 6.07) is 12.1. The van der Waals surface area contributed by atoms with Gasteiger partial charge in [-0.05, 0) is 29.7 Å². The van der Waals surface area contributed by atoms with Crippen LogP contribution in [0.5, 0.6) is 0 Å². The van der Waals surface area contributed by atoms with Crippen molar-refractivity contribution < 1.29 is 4.79 Å². The fourth-order valence-electron chi connectivity index (χ4n) is 2.64. The van der Waals surface area contributed by atoms with E-state index < -0.39 is 0 Å². The van der Waals surface area contributed by atoms with E-state index >= 15 is 0 Å². The first kappa shape index (κ1) is 12.7. The van der Waals surface area contributed by atoms with E-state index in [1.165, 1.54) is 11.1 Å². The van der Waals surface area contributed by atoms with Gasteiger partial charge in [-0.25, -0.2) is 4.98 Å². The Morgan fingerprint density at radius 3 is 2.80 bits per heavy atom. The number of hydrogen-bond donors (Lipinski definition) is 1. The summed E-state index contributed by atoms with van der Waals surface area (Å²) in [5.74, 6) is 0.674. The summed E-state index contributed by atoms with van der Waals surface area (Å²) in [5.41, 5.74) is 3.34. The fraction of sp³-hybridized carbons (Fsp3) is 0.250. The molecule has 1 aromatic carbocycles. The highest BCUT2D eigenvalue weighted by Crippen LogP contribution is 2.25. The van der Waals surface area contributed by atoms with Crippen LogP contribution in [0.2, 0.25) is 0 Å². The number of carbonyl (C=O) groups excluding carboxylic acids is 1. The van der Waals surface area contributed by atoms with Crippen molar-refractivity contribution in [2.24, 2.45) is 0 Å². The number of fused-ring (bicyclic) bond motifs is 1. The van der Waals surface area contributed by atoms with E-state index in [2.05, 4.69) is 39.5 Å². The zero-order chi connectivity index (χ0) is 13.9. The van der Waals surface area contributed by atoms with Crippen LogP contribution in [0, 0.1) is 0 Å². The van der Waals surface area contributed by atoms with Crippen molar-refractivity contribution in [3.05, 3.63) is 59.3 Å². The number of aromatic nitrogens is 1. The van der Waals surface area contributed by atoms with E-state index in [0.29, 0.717) is 5.56 Å². The normalized spacial score (nSPS) is 13.8. The second-order valence-corrected chi connectivity index (χ2v) is 4.89. The first-order valence-electron chi connectivity index (χ1n) is 6.78. The second-order valence-electron chi connectivity index (χ2n) is 4.89. The smallest absolute Gasteiger partial charge is 0.254 e. The number of nitrogens with one attached hydrogen (secondary N) is 1. The van der Waals surface area contributed by atoms with Gasteiger partial charge in [0, 0.05) is 26.3 Å². The molecular weight excluding hydrogens is 250 g/mol. The highest BCUT2D eigenvalue weighted by atomic mass is 16.1. The summed E-state index contributed by atoms with van der Waals surface area (Å²) in [7, 11) is 1.64. The van der Waals surface area contributed by atoms with Gasteiger partial charge in [0.1, 0.15) is 5.82 Å². The number of benzene rings is 1. The monoisotopic (exact) mass is 267 g/mol. The van der Waals surface area contributed by atoms with Gasteiger partial charge in [0.15, 0.2) is 0 Å². The molecule has 0 fully saturated rings. The summed E-state index contributed by atoms with van der Waals surface area (Å²) >= 11 is 0. The summed E-state index contributed by atoms with van der Waals surface area (Å²) in [5, 5.41) is 2.67. The molecule has 0 radical (unpaired) electrons. The van der Waals surface area contributed by atoms with Gasteiger partial charge < -0.3 is 10.2 Å². The predicted molar refractivity (Wildman–Crippen MR) is 78.8 cm³/mol. The van der Waals surface area contributed by atoms with E-state index in [4.69, 9.17) is 0 Å². The fourth-order valence-corrected chi connectivity index (χ4v) is 2.64. The van der Waals surface area contributed by atoms with Crippen molar-refractivity contribution in [1.82, 2.24) is 10.3 Å². The zero-order valence-electron chi connectivity index (χ0n) is 11.5. The third-order valence-electron chi connectivity index (χ3n) is 3.69. The second kappa shape index (κ2) is 5.33. The lowest BCUT2D eigenvalue weighted by molar-refractivity contribution is 0.0963. The number of amides is 1. The Morgan fingerprint density at radius 1 is 1.20 bits per heavy atom. The molecule has 2 aromatic rings.